The van der Waals surface area contributed by atoms with Gasteiger partial charge in [-0.3, -0.25) is 9.59 Å². The van der Waals surface area contributed by atoms with E-state index in [9.17, 15) is 14.0 Å². The molecule has 1 aliphatic carbocycles. The molecular formula is C25H26FN5O3. The molecule has 4 N–H and O–H groups in total. The summed E-state index contributed by atoms with van der Waals surface area (Å²) in [5, 5.41) is 5.97. The SMILES string of the molecule is COC(=O)C1CCC(C(=O)Nc2ccc(Nc3nc(-c4ccc(F)cc4)ccc3N)cn2)CC1. The van der Waals surface area contributed by atoms with Gasteiger partial charge in [0.15, 0.2) is 5.82 Å². The molecule has 9 heteroatoms. The van der Waals surface area contributed by atoms with Crippen LogP contribution in [0.15, 0.2) is 54.7 Å². The number of aromatic nitrogens is 2. The monoisotopic (exact) mass is 463 g/mol. The maximum Gasteiger partial charge on any atom is 0.308 e. The van der Waals surface area contributed by atoms with Crippen molar-refractivity contribution in [3.63, 3.8) is 0 Å². The number of carbonyl (C=O) groups is 2. The molecule has 1 amide bonds. The summed E-state index contributed by atoms with van der Waals surface area (Å²) in [5.41, 5.74) is 8.57. The summed E-state index contributed by atoms with van der Waals surface area (Å²) in [6, 6.07) is 13.0. The molecule has 1 saturated carbocycles. The van der Waals surface area contributed by atoms with Crippen LogP contribution in [0.1, 0.15) is 25.7 Å². The van der Waals surface area contributed by atoms with Gasteiger partial charge < -0.3 is 21.1 Å². The lowest BCUT2D eigenvalue weighted by molar-refractivity contribution is -0.147. The molecule has 1 aromatic carbocycles. The van der Waals surface area contributed by atoms with Crippen LogP contribution in [-0.2, 0) is 14.3 Å². The average Bonchev–Trinajstić information content (AvgIpc) is 2.86. The van der Waals surface area contributed by atoms with Gasteiger partial charge in [0.2, 0.25) is 5.91 Å². The number of nitrogens with one attached hydrogen (secondary N) is 2. The Morgan fingerprint density at radius 3 is 2.35 bits per heavy atom. The van der Waals surface area contributed by atoms with Crippen LogP contribution in [0.4, 0.5) is 27.4 Å². The van der Waals surface area contributed by atoms with E-state index in [1.54, 1.807) is 42.6 Å². The second-order valence-corrected chi connectivity index (χ2v) is 8.26. The number of pyridine rings is 2. The van der Waals surface area contributed by atoms with E-state index >= 15 is 0 Å². The first-order valence-corrected chi connectivity index (χ1v) is 11.1. The van der Waals surface area contributed by atoms with Crippen LogP contribution >= 0.6 is 0 Å². The van der Waals surface area contributed by atoms with Crippen molar-refractivity contribution in [2.45, 2.75) is 25.7 Å². The van der Waals surface area contributed by atoms with Crippen molar-refractivity contribution in [3.8, 4) is 11.3 Å². The zero-order valence-corrected chi connectivity index (χ0v) is 18.8. The van der Waals surface area contributed by atoms with Gasteiger partial charge in [0.1, 0.15) is 11.6 Å². The fourth-order valence-corrected chi connectivity index (χ4v) is 4.02. The van der Waals surface area contributed by atoms with Crippen molar-refractivity contribution >= 4 is 34.9 Å². The smallest absolute Gasteiger partial charge is 0.308 e. The zero-order chi connectivity index (χ0) is 24.1. The van der Waals surface area contributed by atoms with E-state index in [2.05, 4.69) is 20.6 Å². The van der Waals surface area contributed by atoms with Gasteiger partial charge in [-0.05, 0) is 74.2 Å². The van der Waals surface area contributed by atoms with Gasteiger partial charge in [-0.1, -0.05) is 0 Å². The number of benzene rings is 1. The van der Waals surface area contributed by atoms with Gasteiger partial charge >= 0.3 is 5.97 Å². The Morgan fingerprint density at radius 2 is 1.71 bits per heavy atom. The Balaban J connectivity index is 1.37. The van der Waals surface area contributed by atoms with Gasteiger partial charge in [0.25, 0.3) is 0 Å². The summed E-state index contributed by atoms with van der Waals surface area (Å²) in [6.45, 7) is 0. The molecule has 2 aromatic heterocycles. The standard InChI is InChI=1S/C25H26FN5O3/c1-34-25(33)17-4-2-16(3-5-17)24(32)31-22-13-10-19(14-28-22)29-23-20(27)11-12-21(30-23)15-6-8-18(26)9-7-15/h6-14,16-17H,2-5,27H2,1H3,(H,29,30)(H,28,31,32). The molecule has 176 valence electrons. The molecule has 0 aliphatic heterocycles. The highest BCUT2D eigenvalue weighted by Gasteiger charge is 2.30. The lowest BCUT2D eigenvalue weighted by atomic mass is 9.81. The third kappa shape index (κ3) is 5.48. The number of esters is 1. The van der Waals surface area contributed by atoms with E-state index in [0.717, 1.165) is 5.56 Å². The number of hydrogen-bond acceptors (Lipinski definition) is 7. The van der Waals surface area contributed by atoms with Gasteiger partial charge in [-0.2, -0.15) is 0 Å². The highest BCUT2D eigenvalue weighted by atomic mass is 19.1. The van der Waals surface area contributed by atoms with Gasteiger partial charge in [0, 0.05) is 11.5 Å². The highest BCUT2D eigenvalue weighted by Crippen LogP contribution is 2.30. The van der Waals surface area contributed by atoms with Crippen molar-refractivity contribution in [3.05, 3.63) is 60.5 Å². The first-order chi connectivity index (χ1) is 16.4. The highest BCUT2D eigenvalue weighted by molar-refractivity contribution is 5.92. The Morgan fingerprint density at radius 1 is 1.00 bits per heavy atom. The van der Waals surface area contributed by atoms with Crippen LogP contribution in [0.3, 0.4) is 0 Å². The Hall–Kier alpha value is -4.01. The summed E-state index contributed by atoms with van der Waals surface area (Å²) in [6.07, 6.45) is 4.15. The second-order valence-electron chi connectivity index (χ2n) is 8.26. The van der Waals surface area contributed by atoms with E-state index < -0.39 is 0 Å². The zero-order valence-electron chi connectivity index (χ0n) is 18.8. The molecule has 0 spiro atoms. The normalized spacial score (nSPS) is 17.6. The Kier molecular flexibility index (Phi) is 7.01. The van der Waals surface area contributed by atoms with Crippen molar-refractivity contribution < 1.29 is 18.7 Å². The number of ether oxygens (including phenoxy) is 1. The van der Waals surface area contributed by atoms with Crippen LogP contribution in [-0.4, -0.2) is 29.0 Å². The minimum Gasteiger partial charge on any atom is -0.469 e. The molecule has 0 saturated heterocycles. The quantitative estimate of drug-likeness (QED) is 0.460. The topological polar surface area (TPSA) is 119 Å². The van der Waals surface area contributed by atoms with E-state index in [-0.39, 0.29) is 29.5 Å². The second kappa shape index (κ2) is 10.3. The van der Waals surface area contributed by atoms with E-state index in [0.29, 0.717) is 54.4 Å². The molecule has 1 fully saturated rings. The predicted octanol–water partition coefficient (Wildman–Crippen LogP) is 4.53. The molecule has 34 heavy (non-hydrogen) atoms. The summed E-state index contributed by atoms with van der Waals surface area (Å²) in [5.74, 6) is -0.0192. The van der Waals surface area contributed by atoms with Crippen LogP contribution in [0, 0.1) is 17.7 Å². The molecule has 1 aliphatic rings. The van der Waals surface area contributed by atoms with Crippen LogP contribution < -0.4 is 16.4 Å². The average molecular weight is 464 g/mol. The number of nitrogens with zero attached hydrogens (tertiary/aromatic N) is 2. The fourth-order valence-electron chi connectivity index (χ4n) is 4.02. The lowest BCUT2D eigenvalue weighted by Crippen LogP contribution is -2.30. The van der Waals surface area contributed by atoms with Gasteiger partial charge in [0.05, 0.1) is 36.3 Å². The van der Waals surface area contributed by atoms with E-state index in [1.807, 2.05) is 0 Å². The van der Waals surface area contributed by atoms with Crippen molar-refractivity contribution in [2.24, 2.45) is 11.8 Å². The lowest BCUT2D eigenvalue weighted by Gasteiger charge is -2.25. The predicted molar refractivity (Wildman–Crippen MR) is 128 cm³/mol. The molecule has 8 nitrogen and oxygen atoms in total. The van der Waals surface area contributed by atoms with Crippen LogP contribution in [0.25, 0.3) is 11.3 Å². The molecule has 0 radical (unpaired) electrons. The molecule has 2 heterocycles. The molecule has 3 aromatic rings. The number of hydrogen-bond donors (Lipinski definition) is 3. The minimum atomic E-state index is -0.315. The maximum absolute atomic E-state index is 13.2. The van der Waals surface area contributed by atoms with Crippen molar-refractivity contribution in [1.29, 1.82) is 0 Å². The van der Waals surface area contributed by atoms with Gasteiger partial charge in [-0.15, -0.1) is 0 Å². The molecule has 4 rings (SSSR count). The third-order valence-corrected chi connectivity index (χ3v) is 5.98. The van der Waals surface area contributed by atoms with E-state index in [4.69, 9.17) is 10.5 Å². The van der Waals surface area contributed by atoms with Crippen LogP contribution in [0.2, 0.25) is 0 Å². The number of anilines is 4. The van der Waals surface area contributed by atoms with E-state index in [1.165, 1.54) is 19.2 Å². The summed E-state index contributed by atoms with van der Waals surface area (Å²) in [4.78, 5) is 33.1. The summed E-state index contributed by atoms with van der Waals surface area (Å²) in [7, 11) is 1.39. The largest absolute Gasteiger partial charge is 0.469 e. The number of carbonyl (C=O) groups excluding carboxylic acids is 2. The first-order valence-electron chi connectivity index (χ1n) is 11.1. The van der Waals surface area contributed by atoms with Gasteiger partial charge in [-0.25, -0.2) is 14.4 Å². The third-order valence-electron chi connectivity index (χ3n) is 5.98. The number of nitrogen functional groups attached to an aromatic ring is 1. The van der Waals surface area contributed by atoms with Crippen molar-refractivity contribution in [2.75, 3.05) is 23.5 Å². The number of methoxy groups -OCH3 is 1. The molecular weight excluding hydrogens is 437 g/mol. The fraction of sp³-hybridized carbons (Fsp3) is 0.280. The maximum atomic E-state index is 13.2. The Bertz CT molecular complexity index is 1160. The number of rotatable bonds is 6. The molecule has 0 atom stereocenters. The summed E-state index contributed by atoms with van der Waals surface area (Å²) < 4.78 is 18.0. The number of nitrogens with two attached hydrogens (primary N) is 1. The van der Waals surface area contributed by atoms with Crippen molar-refractivity contribution in [1.82, 2.24) is 9.97 Å². The molecule has 0 bridgehead atoms. The number of amides is 1. The number of halogens is 1. The molecule has 0 unspecified atom stereocenters. The van der Waals surface area contributed by atoms with Crippen LogP contribution in [0.5, 0.6) is 0 Å². The Labute approximate surface area is 196 Å². The minimum absolute atomic E-state index is 0.102. The first kappa shape index (κ1) is 23.2. The summed E-state index contributed by atoms with van der Waals surface area (Å²) >= 11 is 0.